The number of esters is 1. The van der Waals surface area contributed by atoms with Crippen LogP contribution in [-0.4, -0.2) is 13.1 Å². The summed E-state index contributed by atoms with van der Waals surface area (Å²) >= 11 is 3.34. The minimum absolute atomic E-state index is 0.362. The highest BCUT2D eigenvalue weighted by Gasteiger charge is 2.09. The molecule has 0 atom stereocenters. The maximum absolute atomic E-state index is 11.2. The van der Waals surface area contributed by atoms with Gasteiger partial charge in [-0.25, -0.2) is 4.79 Å². The van der Waals surface area contributed by atoms with Gasteiger partial charge in [0.15, 0.2) is 0 Å². The standard InChI is InChI=1S/C10H7BrO3/c1-13-10(12)6-2-3-7-8(11)5-14-9(7)4-6/h2-5H,1H3. The summed E-state index contributed by atoms with van der Waals surface area (Å²) in [4.78, 5) is 11.2. The van der Waals surface area contributed by atoms with Gasteiger partial charge in [-0.05, 0) is 34.1 Å². The number of rotatable bonds is 1. The van der Waals surface area contributed by atoms with E-state index in [1.807, 2.05) is 6.07 Å². The fraction of sp³-hybridized carbons (Fsp3) is 0.100. The van der Waals surface area contributed by atoms with Crippen LogP contribution in [0.4, 0.5) is 0 Å². The molecule has 0 saturated carbocycles. The van der Waals surface area contributed by atoms with Crippen LogP contribution in [0.5, 0.6) is 0 Å². The number of benzene rings is 1. The summed E-state index contributed by atoms with van der Waals surface area (Å²) in [5.41, 5.74) is 1.15. The van der Waals surface area contributed by atoms with Crippen molar-refractivity contribution < 1.29 is 13.9 Å². The molecule has 14 heavy (non-hydrogen) atoms. The highest BCUT2D eigenvalue weighted by atomic mass is 79.9. The summed E-state index contributed by atoms with van der Waals surface area (Å²) in [5.74, 6) is -0.362. The third-order valence-electron chi connectivity index (χ3n) is 1.95. The fourth-order valence-electron chi connectivity index (χ4n) is 1.24. The molecule has 0 N–H and O–H groups in total. The molecule has 0 aliphatic heterocycles. The van der Waals surface area contributed by atoms with Crippen LogP contribution >= 0.6 is 15.9 Å². The average molecular weight is 255 g/mol. The predicted octanol–water partition coefficient (Wildman–Crippen LogP) is 2.98. The Morgan fingerprint density at radius 3 is 3.00 bits per heavy atom. The molecule has 0 amide bonds. The molecule has 0 fully saturated rings. The summed E-state index contributed by atoms with van der Waals surface area (Å²) in [6.07, 6.45) is 1.59. The van der Waals surface area contributed by atoms with Crippen LogP contribution in [0.2, 0.25) is 0 Å². The first-order chi connectivity index (χ1) is 6.72. The Morgan fingerprint density at radius 1 is 1.50 bits per heavy atom. The normalized spacial score (nSPS) is 10.4. The van der Waals surface area contributed by atoms with Crippen LogP contribution < -0.4 is 0 Å². The molecule has 72 valence electrons. The van der Waals surface area contributed by atoms with Gasteiger partial charge in [0.25, 0.3) is 0 Å². The van der Waals surface area contributed by atoms with Crippen molar-refractivity contribution in [1.82, 2.24) is 0 Å². The Hall–Kier alpha value is -1.29. The Labute approximate surface area is 88.8 Å². The molecule has 4 heteroatoms. The smallest absolute Gasteiger partial charge is 0.337 e. The molecular formula is C10H7BrO3. The number of halogens is 1. The quantitative estimate of drug-likeness (QED) is 0.735. The van der Waals surface area contributed by atoms with E-state index in [1.165, 1.54) is 7.11 Å². The van der Waals surface area contributed by atoms with Crippen LogP contribution in [0, 0.1) is 0 Å². The van der Waals surface area contributed by atoms with Crippen molar-refractivity contribution >= 4 is 32.9 Å². The molecule has 2 rings (SSSR count). The maximum atomic E-state index is 11.2. The number of hydrogen-bond donors (Lipinski definition) is 0. The highest BCUT2D eigenvalue weighted by Crippen LogP contribution is 2.26. The summed E-state index contributed by atoms with van der Waals surface area (Å²) in [7, 11) is 1.35. The van der Waals surface area contributed by atoms with Crippen molar-refractivity contribution in [3.63, 3.8) is 0 Å². The number of methoxy groups -OCH3 is 1. The van der Waals surface area contributed by atoms with Gasteiger partial charge in [0, 0.05) is 5.39 Å². The minimum atomic E-state index is -0.362. The van der Waals surface area contributed by atoms with Gasteiger partial charge >= 0.3 is 5.97 Å². The molecule has 3 nitrogen and oxygen atoms in total. The number of furan rings is 1. The summed E-state index contributed by atoms with van der Waals surface area (Å²) in [5, 5.41) is 0.942. The van der Waals surface area contributed by atoms with Crippen molar-refractivity contribution in [2.75, 3.05) is 7.11 Å². The summed E-state index contributed by atoms with van der Waals surface area (Å²) < 4.78 is 10.7. The Balaban J connectivity index is 2.57. The Morgan fingerprint density at radius 2 is 2.29 bits per heavy atom. The van der Waals surface area contributed by atoms with Crippen molar-refractivity contribution in [3.8, 4) is 0 Å². The van der Waals surface area contributed by atoms with Crippen LogP contribution in [0.1, 0.15) is 10.4 Å². The van der Waals surface area contributed by atoms with Crippen molar-refractivity contribution in [2.24, 2.45) is 0 Å². The van der Waals surface area contributed by atoms with Gasteiger partial charge in [0.05, 0.1) is 17.1 Å². The van der Waals surface area contributed by atoms with E-state index in [0.717, 1.165) is 9.86 Å². The van der Waals surface area contributed by atoms with Gasteiger partial charge in [-0.3, -0.25) is 0 Å². The van der Waals surface area contributed by atoms with E-state index in [0.29, 0.717) is 11.1 Å². The van der Waals surface area contributed by atoms with Crippen LogP contribution in [0.25, 0.3) is 11.0 Å². The molecule has 0 unspecified atom stereocenters. The Bertz CT molecular complexity index is 487. The van der Waals surface area contributed by atoms with Crippen LogP contribution in [-0.2, 0) is 4.74 Å². The number of fused-ring (bicyclic) bond motifs is 1. The van der Waals surface area contributed by atoms with E-state index in [4.69, 9.17) is 4.42 Å². The molecule has 0 aliphatic rings. The zero-order chi connectivity index (χ0) is 10.1. The zero-order valence-electron chi connectivity index (χ0n) is 7.41. The highest BCUT2D eigenvalue weighted by molar-refractivity contribution is 9.10. The van der Waals surface area contributed by atoms with Gasteiger partial charge in [-0.2, -0.15) is 0 Å². The molecule has 1 aromatic carbocycles. The first-order valence-electron chi connectivity index (χ1n) is 3.97. The van der Waals surface area contributed by atoms with Gasteiger partial charge in [0.2, 0.25) is 0 Å². The molecule has 0 saturated heterocycles. The average Bonchev–Trinajstić information content (AvgIpc) is 2.59. The van der Waals surface area contributed by atoms with E-state index in [9.17, 15) is 4.79 Å². The van der Waals surface area contributed by atoms with Crippen LogP contribution in [0.3, 0.4) is 0 Å². The third kappa shape index (κ3) is 1.42. The molecule has 0 bridgehead atoms. The van der Waals surface area contributed by atoms with Gasteiger partial charge in [0.1, 0.15) is 11.8 Å². The minimum Gasteiger partial charge on any atom is -0.465 e. The SMILES string of the molecule is COC(=O)c1ccc2c(Br)coc2c1. The lowest BCUT2D eigenvalue weighted by Crippen LogP contribution is -1.99. The van der Waals surface area contributed by atoms with Gasteiger partial charge in [-0.1, -0.05) is 0 Å². The van der Waals surface area contributed by atoms with Gasteiger partial charge in [-0.15, -0.1) is 0 Å². The molecule has 1 aromatic heterocycles. The summed E-state index contributed by atoms with van der Waals surface area (Å²) in [6, 6.07) is 5.18. The number of ether oxygens (including phenoxy) is 1. The second kappa shape index (κ2) is 3.46. The monoisotopic (exact) mass is 254 g/mol. The van der Waals surface area contributed by atoms with Crippen molar-refractivity contribution in [1.29, 1.82) is 0 Å². The summed E-state index contributed by atoms with van der Waals surface area (Å²) in [6.45, 7) is 0. The second-order valence-electron chi connectivity index (χ2n) is 2.79. The molecular weight excluding hydrogens is 248 g/mol. The number of carbonyl (C=O) groups is 1. The largest absolute Gasteiger partial charge is 0.465 e. The number of hydrogen-bond acceptors (Lipinski definition) is 3. The van der Waals surface area contributed by atoms with E-state index < -0.39 is 0 Å². The van der Waals surface area contributed by atoms with Crippen molar-refractivity contribution in [3.05, 3.63) is 34.5 Å². The van der Waals surface area contributed by atoms with Crippen LogP contribution in [0.15, 0.2) is 33.4 Å². The van der Waals surface area contributed by atoms with Gasteiger partial charge < -0.3 is 9.15 Å². The lowest BCUT2D eigenvalue weighted by atomic mass is 10.2. The molecule has 0 radical (unpaired) electrons. The first-order valence-corrected chi connectivity index (χ1v) is 4.77. The lowest BCUT2D eigenvalue weighted by Gasteiger charge is -1.97. The predicted molar refractivity (Wildman–Crippen MR) is 55.3 cm³/mol. The zero-order valence-corrected chi connectivity index (χ0v) is 9.00. The molecule has 1 heterocycles. The third-order valence-corrected chi connectivity index (χ3v) is 2.56. The van der Waals surface area contributed by atoms with E-state index in [1.54, 1.807) is 18.4 Å². The topological polar surface area (TPSA) is 39.4 Å². The number of carbonyl (C=O) groups excluding carboxylic acids is 1. The molecule has 2 aromatic rings. The molecule has 0 spiro atoms. The fourth-order valence-corrected chi connectivity index (χ4v) is 1.66. The first kappa shape index (κ1) is 9.27. The lowest BCUT2D eigenvalue weighted by molar-refractivity contribution is 0.0601. The van der Waals surface area contributed by atoms with E-state index >= 15 is 0 Å². The van der Waals surface area contributed by atoms with E-state index in [-0.39, 0.29) is 5.97 Å². The maximum Gasteiger partial charge on any atom is 0.337 e. The van der Waals surface area contributed by atoms with Crippen molar-refractivity contribution in [2.45, 2.75) is 0 Å². The Kier molecular flexibility index (Phi) is 2.29. The molecule has 0 aliphatic carbocycles. The second-order valence-corrected chi connectivity index (χ2v) is 3.64. The van der Waals surface area contributed by atoms with E-state index in [2.05, 4.69) is 20.7 Å².